The fourth-order valence-corrected chi connectivity index (χ4v) is 0.821. The van der Waals surface area contributed by atoms with Crippen molar-refractivity contribution in [1.82, 2.24) is 0 Å². The van der Waals surface area contributed by atoms with E-state index in [1.54, 1.807) is 7.11 Å². The Morgan fingerprint density at radius 2 is 2.33 bits per heavy atom. The van der Waals surface area contributed by atoms with E-state index in [0.717, 1.165) is 12.7 Å². The zero-order chi connectivity index (χ0) is 9.23. The Bertz CT molecular complexity index is 105. The number of carbonyl (C=O) groups excluding carboxylic acids is 1. The Kier molecular flexibility index (Phi) is 8.32. The molecular weight excluding hydrogens is 160 g/mol. The molecule has 0 aliphatic rings. The second-order valence-electron chi connectivity index (χ2n) is 2.36. The van der Waals surface area contributed by atoms with Gasteiger partial charge in [-0.15, -0.1) is 0 Å². The zero-order valence-electron chi connectivity index (χ0n) is 7.36. The van der Waals surface area contributed by atoms with Crippen LogP contribution in [0.2, 0.25) is 0 Å². The molecule has 1 N–H and O–H groups in total. The summed E-state index contributed by atoms with van der Waals surface area (Å²) in [5.74, 6) is 0. The number of unbranched alkanes of at least 4 members (excludes halogenated alkanes) is 1. The van der Waals surface area contributed by atoms with Crippen LogP contribution in [0.3, 0.4) is 0 Å². The number of hydrogen-bond donors (Lipinski definition) is 1. The molecule has 0 rings (SSSR count). The van der Waals surface area contributed by atoms with Crippen molar-refractivity contribution in [3.8, 4) is 0 Å². The zero-order valence-corrected chi connectivity index (χ0v) is 7.36. The van der Waals surface area contributed by atoms with Crippen molar-refractivity contribution in [3.63, 3.8) is 0 Å². The van der Waals surface area contributed by atoms with Gasteiger partial charge in [0.2, 0.25) is 0 Å². The summed E-state index contributed by atoms with van der Waals surface area (Å²) in [4.78, 5) is 9.97. The van der Waals surface area contributed by atoms with Gasteiger partial charge < -0.3 is 19.4 Å². The highest BCUT2D eigenvalue weighted by Crippen LogP contribution is 2.04. The van der Waals surface area contributed by atoms with Gasteiger partial charge in [0.1, 0.15) is 6.29 Å². The van der Waals surface area contributed by atoms with Crippen molar-refractivity contribution >= 4 is 6.29 Å². The summed E-state index contributed by atoms with van der Waals surface area (Å²) >= 11 is 0. The van der Waals surface area contributed by atoms with Crippen LogP contribution in [0, 0.1) is 0 Å². The number of methoxy groups -OCH3 is 1. The minimum absolute atomic E-state index is 0.00641. The SMILES string of the molecule is COC(CCCC=O)OCCO. The largest absolute Gasteiger partial charge is 0.394 e. The first-order valence-electron chi connectivity index (χ1n) is 4.04. The van der Waals surface area contributed by atoms with Gasteiger partial charge in [0.05, 0.1) is 13.2 Å². The van der Waals surface area contributed by atoms with Crippen LogP contribution in [0.5, 0.6) is 0 Å². The van der Waals surface area contributed by atoms with Gasteiger partial charge in [-0.25, -0.2) is 0 Å². The smallest absolute Gasteiger partial charge is 0.157 e. The molecule has 0 bridgehead atoms. The summed E-state index contributed by atoms with van der Waals surface area (Å²) in [6, 6.07) is 0. The van der Waals surface area contributed by atoms with E-state index in [0.29, 0.717) is 12.8 Å². The minimum Gasteiger partial charge on any atom is -0.394 e. The summed E-state index contributed by atoms with van der Waals surface area (Å²) in [7, 11) is 1.54. The second-order valence-corrected chi connectivity index (χ2v) is 2.36. The Balaban J connectivity index is 3.32. The molecule has 0 radical (unpaired) electrons. The van der Waals surface area contributed by atoms with Crippen LogP contribution in [0.25, 0.3) is 0 Å². The molecule has 0 aromatic rings. The van der Waals surface area contributed by atoms with E-state index >= 15 is 0 Å². The third-order valence-corrected chi connectivity index (χ3v) is 1.42. The lowest BCUT2D eigenvalue weighted by atomic mass is 10.2. The van der Waals surface area contributed by atoms with Crippen LogP contribution in [0.15, 0.2) is 0 Å². The fraction of sp³-hybridized carbons (Fsp3) is 0.875. The molecule has 4 nitrogen and oxygen atoms in total. The Labute approximate surface area is 72.5 Å². The summed E-state index contributed by atoms with van der Waals surface area (Å²) < 4.78 is 10.0. The molecule has 0 amide bonds. The van der Waals surface area contributed by atoms with E-state index in [-0.39, 0.29) is 19.5 Å². The van der Waals surface area contributed by atoms with Crippen LogP contribution >= 0.6 is 0 Å². The van der Waals surface area contributed by atoms with Crippen molar-refractivity contribution in [2.45, 2.75) is 25.6 Å². The Hall–Kier alpha value is -0.450. The van der Waals surface area contributed by atoms with Gasteiger partial charge in [-0.05, 0) is 12.8 Å². The van der Waals surface area contributed by atoms with Gasteiger partial charge in [-0.2, -0.15) is 0 Å². The lowest BCUT2D eigenvalue weighted by molar-refractivity contribution is -0.134. The van der Waals surface area contributed by atoms with Gasteiger partial charge in [-0.1, -0.05) is 0 Å². The number of rotatable bonds is 8. The molecule has 12 heavy (non-hydrogen) atoms. The predicted octanol–water partition coefficient (Wildman–Crippen LogP) is 0.337. The molecule has 0 fully saturated rings. The van der Waals surface area contributed by atoms with Crippen molar-refractivity contribution in [1.29, 1.82) is 0 Å². The lowest BCUT2D eigenvalue weighted by Crippen LogP contribution is -2.17. The first-order valence-corrected chi connectivity index (χ1v) is 4.04. The molecule has 0 spiro atoms. The molecule has 0 heterocycles. The molecule has 72 valence electrons. The number of aldehydes is 1. The lowest BCUT2D eigenvalue weighted by Gasteiger charge is -2.14. The van der Waals surface area contributed by atoms with E-state index in [9.17, 15) is 4.79 Å². The Morgan fingerprint density at radius 1 is 1.58 bits per heavy atom. The molecule has 1 atom stereocenters. The van der Waals surface area contributed by atoms with Gasteiger partial charge in [0, 0.05) is 13.5 Å². The maximum Gasteiger partial charge on any atom is 0.157 e. The number of hydrogen-bond acceptors (Lipinski definition) is 4. The number of ether oxygens (including phenoxy) is 2. The second kappa shape index (κ2) is 8.64. The highest BCUT2D eigenvalue weighted by Gasteiger charge is 2.05. The van der Waals surface area contributed by atoms with Crippen molar-refractivity contribution in [2.24, 2.45) is 0 Å². The first-order chi connectivity index (χ1) is 5.85. The molecule has 0 saturated carbocycles. The van der Waals surface area contributed by atoms with Gasteiger partial charge in [0.15, 0.2) is 6.29 Å². The first kappa shape index (κ1) is 11.6. The van der Waals surface area contributed by atoms with E-state index in [4.69, 9.17) is 14.6 Å². The predicted molar refractivity (Wildman–Crippen MR) is 43.7 cm³/mol. The highest BCUT2D eigenvalue weighted by atomic mass is 16.7. The van der Waals surface area contributed by atoms with Crippen molar-refractivity contribution in [3.05, 3.63) is 0 Å². The standard InChI is InChI=1S/C8H16O4/c1-11-8(12-7-6-10)4-2-3-5-9/h5,8,10H,2-4,6-7H2,1H3. The third-order valence-electron chi connectivity index (χ3n) is 1.42. The molecule has 1 unspecified atom stereocenters. The van der Waals surface area contributed by atoms with Crippen molar-refractivity contribution in [2.75, 3.05) is 20.3 Å². The molecule has 0 aromatic carbocycles. The molecule has 4 heteroatoms. The average Bonchev–Trinajstić information content (AvgIpc) is 2.11. The summed E-state index contributed by atoms with van der Waals surface area (Å²) in [6.07, 6.45) is 2.56. The van der Waals surface area contributed by atoms with Gasteiger partial charge >= 0.3 is 0 Å². The molecule has 0 saturated heterocycles. The average molecular weight is 176 g/mol. The van der Waals surface area contributed by atoms with Crippen LogP contribution < -0.4 is 0 Å². The topological polar surface area (TPSA) is 55.8 Å². The maximum atomic E-state index is 9.97. The van der Waals surface area contributed by atoms with E-state index in [2.05, 4.69) is 0 Å². The van der Waals surface area contributed by atoms with Crippen molar-refractivity contribution < 1.29 is 19.4 Å². The monoisotopic (exact) mass is 176 g/mol. The number of aliphatic hydroxyl groups is 1. The fourth-order valence-electron chi connectivity index (χ4n) is 0.821. The molecule has 0 aliphatic heterocycles. The quantitative estimate of drug-likeness (QED) is 0.329. The van der Waals surface area contributed by atoms with Crippen LogP contribution in [0.1, 0.15) is 19.3 Å². The highest BCUT2D eigenvalue weighted by molar-refractivity contribution is 5.48. The molecule has 0 aromatic heterocycles. The van der Waals surface area contributed by atoms with Gasteiger partial charge in [0.25, 0.3) is 0 Å². The maximum absolute atomic E-state index is 9.97. The van der Waals surface area contributed by atoms with Crippen LogP contribution in [-0.2, 0) is 14.3 Å². The minimum atomic E-state index is -0.294. The van der Waals surface area contributed by atoms with E-state index < -0.39 is 0 Å². The van der Waals surface area contributed by atoms with E-state index in [1.807, 2.05) is 0 Å². The van der Waals surface area contributed by atoms with Gasteiger partial charge in [-0.3, -0.25) is 0 Å². The summed E-state index contributed by atoms with van der Waals surface area (Å²) in [5.41, 5.74) is 0. The molecular formula is C8H16O4. The van der Waals surface area contributed by atoms with E-state index in [1.165, 1.54) is 0 Å². The third kappa shape index (κ3) is 6.27. The van der Waals surface area contributed by atoms with Crippen LogP contribution in [0.4, 0.5) is 0 Å². The normalized spacial score (nSPS) is 12.8. The summed E-state index contributed by atoms with van der Waals surface area (Å²) in [6.45, 7) is 0.271. The number of carbonyl (C=O) groups is 1. The summed E-state index contributed by atoms with van der Waals surface area (Å²) in [5, 5.41) is 8.45. The van der Waals surface area contributed by atoms with Crippen LogP contribution in [-0.4, -0.2) is 38.0 Å². The molecule has 0 aliphatic carbocycles. The Morgan fingerprint density at radius 3 is 2.83 bits per heavy atom. The number of aliphatic hydroxyl groups excluding tert-OH is 1.